The number of nitrogens with one attached hydrogen (secondary N) is 1. The second-order valence-electron chi connectivity index (χ2n) is 7.72. The summed E-state index contributed by atoms with van der Waals surface area (Å²) in [4.78, 5) is 36.0. The van der Waals surface area contributed by atoms with Crippen LogP contribution in [0.15, 0.2) is 42.5 Å². The molecule has 0 aliphatic rings. The maximum absolute atomic E-state index is 12.4. The summed E-state index contributed by atoms with van der Waals surface area (Å²) in [5, 5.41) is 7.77. The second kappa shape index (κ2) is 11.0. The molecule has 0 bridgehead atoms. The standard InChI is InChI=1S/C25H26ClN3O5/c1-15-21(26)6-5-7-22(15)27-23(30)14-34-25(32)18-8-10-19(11-9-18)29-17(3)20(16(2)28-29)12-13-24(31)33-4/h5-11H,12-14H2,1-4H3,(H,27,30). The van der Waals surface area contributed by atoms with E-state index in [0.29, 0.717) is 22.7 Å². The van der Waals surface area contributed by atoms with Crippen molar-refractivity contribution in [1.82, 2.24) is 9.78 Å². The van der Waals surface area contributed by atoms with Gasteiger partial charge in [-0.2, -0.15) is 5.10 Å². The molecular formula is C25H26ClN3O5. The molecule has 1 N–H and O–H groups in total. The van der Waals surface area contributed by atoms with Crippen molar-refractivity contribution in [3.05, 3.63) is 75.6 Å². The van der Waals surface area contributed by atoms with Gasteiger partial charge in [-0.1, -0.05) is 17.7 Å². The lowest BCUT2D eigenvalue weighted by Crippen LogP contribution is -2.21. The van der Waals surface area contributed by atoms with E-state index < -0.39 is 18.5 Å². The Labute approximate surface area is 202 Å². The lowest BCUT2D eigenvalue weighted by atomic mass is 10.1. The van der Waals surface area contributed by atoms with Crippen molar-refractivity contribution in [3.8, 4) is 5.69 Å². The number of amides is 1. The van der Waals surface area contributed by atoms with Gasteiger partial charge in [-0.05, 0) is 74.7 Å². The van der Waals surface area contributed by atoms with Crippen molar-refractivity contribution >= 4 is 35.1 Å². The minimum atomic E-state index is -0.614. The average Bonchev–Trinajstić information content (AvgIpc) is 3.12. The molecule has 0 radical (unpaired) electrons. The van der Waals surface area contributed by atoms with Crippen molar-refractivity contribution < 1.29 is 23.9 Å². The van der Waals surface area contributed by atoms with E-state index in [-0.39, 0.29) is 12.4 Å². The lowest BCUT2D eigenvalue weighted by Gasteiger charge is -2.10. The number of aryl methyl sites for hydroxylation is 1. The van der Waals surface area contributed by atoms with E-state index in [0.717, 1.165) is 28.2 Å². The Morgan fingerprint density at radius 3 is 2.44 bits per heavy atom. The molecule has 3 aromatic rings. The minimum absolute atomic E-state index is 0.272. The van der Waals surface area contributed by atoms with E-state index >= 15 is 0 Å². The molecule has 0 atom stereocenters. The molecule has 0 unspecified atom stereocenters. The van der Waals surface area contributed by atoms with Gasteiger partial charge in [0.15, 0.2) is 6.61 Å². The number of rotatable bonds is 8. The number of benzene rings is 2. The number of anilines is 1. The van der Waals surface area contributed by atoms with E-state index in [4.69, 9.17) is 21.1 Å². The Morgan fingerprint density at radius 1 is 1.06 bits per heavy atom. The zero-order chi connectivity index (χ0) is 24.8. The van der Waals surface area contributed by atoms with Gasteiger partial charge in [-0.15, -0.1) is 0 Å². The molecule has 9 heteroatoms. The smallest absolute Gasteiger partial charge is 0.338 e. The van der Waals surface area contributed by atoms with E-state index in [2.05, 4.69) is 10.4 Å². The average molecular weight is 484 g/mol. The Morgan fingerprint density at radius 2 is 1.76 bits per heavy atom. The highest BCUT2D eigenvalue weighted by atomic mass is 35.5. The second-order valence-corrected chi connectivity index (χ2v) is 8.13. The maximum atomic E-state index is 12.4. The predicted octanol–water partition coefficient (Wildman–Crippen LogP) is 4.35. The molecule has 0 saturated carbocycles. The molecule has 2 aromatic carbocycles. The molecule has 1 aromatic heterocycles. The molecule has 0 saturated heterocycles. The molecule has 8 nitrogen and oxygen atoms in total. The van der Waals surface area contributed by atoms with Gasteiger partial charge in [0.25, 0.3) is 5.91 Å². The first-order valence-corrected chi connectivity index (χ1v) is 11.0. The zero-order valence-electron chi connectivity index (χ0n) is 19.5. The Hall–Kier alpha value is -3.65. The van der Waals surface area contributed by atoms with Crippen LogP contribution in [0.2, 0.25) is 5.02 Å². The molecule has 34 heavy (non-hydrogen) atoms. The Bertz CT molecular complexity index is 1220. The van der Waals surface area contributed by atoms with Crippen molar-refractivity contribution in [2.75, 3.05) is 19.0 Å². The number of esters is 2. The van der Waals surface area contributed by atoms with Crippen LogP contribution in [0.4, 0.5) is 5.69 Å². The number of aromatic nitrogens is 2. The van der Waals surface area contributed by atoms with Crippen molar-refractivity contribution in [2.24, 2.45) is 0 Å². The van der Waals surface area contributed by atoms with Crippen LogP contribution in [0.25, 0.3) is 5.69 Å². The minimum Gasteiger partial charge on any atom is -0.469 e. The third-order valence-corrected chi connectivity index (χ3v) is 5.88. The summed E-state index contributed by atoms with van der Waals surface area (Å²) in [5.41, 5.74) is 5.08. The zero-order valence-corrected chi connectivity index (χ0v) is 20.2. The predicted molar refractivity (Wildman–Crippen MR) is 128 cm³/mol. The van der Waals surface area contributed by atoms with Crippen LogP contribution >= 0.6 is 11.6 Å². The van der Waals surface area contributed by atoms with E-state index in [9.17, 15) is 14.4 Å². The first-order chi connectivity index (χ1) is 16.2. The summed E-state index contributed by atoms with van der Waals surface area (Å²) >= 11 is 6.05. The first kappa shape index (κ1) is 25.0. The van der Waals surface area contributed by atoms with Crippen LogP contribution in [-0.4, -0.2) is 41.3 Å². The van der Waals surface area contributed by atoms with Gasteiger partial charge in [0.05, 0.1) is 24.1 Å². The Kier molecular flexibility index (Phi) is 8.07. The highest BCUT2D eigenvalue weighted by Crippen LogP contribution is 2.23. The summed E-state index contributed by atoms with van der Waals surface area (Å²) < 4.78 is 11.6. The number of methoxy groups -OCH3 is 1. The molecule has 0 aliphatic carbocycles. The fraction of sp³-hybridized carbons (Fsp3) is 0.280. The first-order valence-electron chi connectivity index (χ1n) is 10.7. The number of nitrogens with zero attached hydrogens (tertiary/aromatic N) is 2. The van der Waals surface area contributed by atoms with E-state index in [1.54, 1.807) is 54.1 Å². The Balaban J connectivity index is 1.62. The quantitative estimate of drug-likeness (QED) is 0.478. The molecule has 3 rings (SSSR count). The van der Waals surface area contributed by atoms with E-state index in [1.807, 2.05) is 13.8 Å². The molecule has 178 valence electrons. The van der Waals surface area contributed by atoms with E-state index in [1.165, 1.54) is 7.11 Å². The SMILES string of the molecule is COC(=O)CCc1c(C)nn(-c2ccc(C(=O)OCC(=O)Nc3cccc(Cl)c3C)cc2)c1C. The van der Waals surface area contributed by atoms with Gasteiger partial charge in [-0.3, -0.25) is 9.59 Å². The van der Waals surface area contributed by atoms with Gasteiger partial charge < -0.3 is 14.8 Å². The van der Waals surface area contributed by atoms with Gasteiger partial charge in [-0.25, -0.2) is 9.48 Å². The topological polar surface area (TPSA) is 99.5 Å². The normalized spacial score (nSPS) is 10.6. The van der Waals surface area contributed by atoms with Crippen molar-refractivity contribution in [3.63, 3.8) is 0 Å². The van der Waals surface area contributed by atoms with Crippen molar-refractivity contribution in [1.29, 1.82) is 0 Å². The lowest BCUT2D eigenvalue weighted by molar-refractivity contribution is -0.140. The van der Waals surface area contributed by atoms with Crippen LogP contribution in [0.5, 0.6) is 0 Å². The summed E-state index contributed by atoms with van der Waals surface area (Å²) in [6.07, 6.45) is 0.810. The number of carbonyl (C=O) groups is 3. The summed E-state index contributed by atoms with van der Waals surface area (Å²) in [6, 6.07) is 11.9. The molecule has 0 fully saturated rings. The van der Waals surface area contributed by atoms with Crippen LogP contribution in [-0.2, 0) is 25.5 Å². The number of halogens is 1. The van der Waals surface area contributed by atoms with Gasteiger partial charge in [0.2, 0.25) is 0 Å². The highest BCUT2D eigenvalue weighted by molar-refractivity contribution is 6.31. The fourth-order valence-corrected chi connectivity index (χ4v) is 3.67. The molecular weight excluding hydrogens is 458 g/mol. The molecule has 0 spiro atoms. The maximum Gasteiger partial charge on any atom is 0.338 e. The number of carbonyl (C=O) groups excluding carboxylic acids is 3. The van der Waals surface area contributed by atoms with Crippen LogP contribution in [0.3, 0.4) is 0 Å². The van der Waals surface area contributed by atoms with Gasteiger partial charge in [0, 0.05) is 22.8 Å². The molecule has 1 amide bonds. The van der Waals surface area contributed by atoms with Crippen LogP contribution in [0.1, 0.15) is 39.3 Å². The summed E-state index contributed by atoms with van der Waals surface area (Å²) in [6.45, 7) is 5.18. The third-order valence-electron chi connectivity index (χ3n) is 5.47. The van der Waals surface area contributed by atoms with Crippen molar-refractivity contribution in [2.45, 2.75) is 33.6 Å². The van der Waals surface area contributed by atoms with Crippen LogP contribution < -0.4 is 5.32 Å². The number of ether oxygens (including phenoxy) is 2. The number of hydrogen-bond acceptors (Lipinski definition) is 6. The monoisotopic (exact) mass is 483 g/mol. The van der Waals surface area contributed by atoms with Gasteiger partial charge >= 0.3 is 11.9 Å². The number of hydrogen-bond donors (Lipinski definition) is 1. The molecule has 0 aliphatic heterocycles. The third kappa shape index (κ3) is 5.82. The summed E-state index contributed by atoms with van der Waals surface area (Å²) in [7, 11) is 1.37. The fourth-order valence-electron chi connectivity index (χ4n) is 3.50. The summed E-state index contributed by atoms with van der Waals surface area (Å²) in [5.74, 6) is -1.35. The van der Waals surface area contributed by atoms with Crippen LogP contribution in [0, 0.1) is 20.8 Å². The van der Waals surface area contributed by atoms with Gasteiger partial charge in [0.1, 0.15) is 0 Å². The largest absolute Gasteiger partial charge is 0.469 e. The molecule has 1 heterocycles. The highest BCUT2D eigenvalue weighted by Gasteiger charge is 2.16.